The first kappa shape index (κ1) is 25.0. The molecule has 0 aromatic heterocycles. The van der Waals surface area contributed by atoms with Crippen LogP contribution in [-0.2, 0) is 32.6 Å². The lowest BCUT2D eigenvalue weighted by Crippen LogP contribution is -2.40. The number of rotatable bonds is 10. The van der Waals surface area contributed by atoms with Gasteiger partial charge in [-0.1, -0.05) is 24.3 Å². The summed E-state index contributed by atoms with van der Waals surface area (Å²) in [5, 5.41) is 2.84. The van der Waals surface area contributed by atoms with Crippen molar-refractivity contribution in [2.45, 2.75) is 33.0 Å². The van der Waals surface area contributed by atoms with Crippen LogP contribution in [-0.4, -0.2) is 64.4 Å². The minimum absolute atomic E-state index is 0.0139. The summed E-state index contributed by atoms with van der Waals surface area (Å²) in [6, 6.07) is 14.7. The van der Waals surface area contributed by atoms with Crippen molar-refractivity contribution in [1.29, 1.82) is 0 Å². The van der Waals surface area contributed by atoms with Crippen LogP contribution < -0.4 is 14.4 Å². The van der Waals surface area contributed by atoms with Crippen molar-refractivity contribution in [3.63, 3.8) is 0 Å². The zero-order valence-corrected chi connectivity index (χ0v) is 20.3. The molecule has 1 N–H and O–H groups in total. The summed E-state index contributed by atoms with van der Waals surface area (Å²) >= 11 is 0. The molecule has 0 bridgehead atoms. The summed E-state index contributed by atoms with van der Waals surface area (Å²) in [6.45, 7) is 8.02. The molecule has 0 radical (unpaired) electrons. The van der Waals surface area contributed by atoms with E-state index in [1.165, 1.54) is 5.56 Å². The van der Waals surface area contributed by atoms with Crippen LogP contribution in [0.3, 0.4) is 0 Å². The predicted molar refractivity (Wildman–Crippen MR) is 129 cm³/mol. The maximum absolute atomic E-state index is 12.6. The van der Waals surface area contributed by atoms with E-state index in [1.807, 2.05) is 26.0 Å². The highest BCUT2D eigenvalue weighted by molar-refractivity contribution is 7.92. The minimum Gasteiger partial charge on any atom is -0.491 e. The molecule has 33 heavy (non-hydrogen) atoms. The number of carbonyl (C=O) groups excluding carboxylic acids is 1. The zero-order valence-electron chi connectivity index (χ0n) is 19.5. The van der Waals surface area contributed by atoms with Gasteiger partial charge in [-0.3, -0.25) is 14.0 Å². The smallest absolute Gasteiger partial charge is 0.241 e. The number of hydrogen-bond acceptors (Lipinski definition) is 6. The quantitative estimate of drug-likeness (QED) is 0.568. The number of sulfonamides is 1. The molecule has 1 fully saturated rings. The Labute approximate surface area is 196 Å². The summed E-state index contributed by atoms with van der Waals surface area (Å²) in [4.78, 5) is 14.9. The van der Waals surface area contributed by atoms with Crippen LogP contribution in [0.4, 0.5) is 5.69 Å². The van der Waals surface area contributed by atoms with Crippen molar-refractivity contribution in [2.75, 3.05) is 43.4 Å². The van der Waals surface area contributed by atoms with E-state index in [2.05, 4.69) is 22.3 Å². The minimum atomic E-state index is -3.64. The molecule has 2 aromatic rings. The van der Waals surface area contributed by atoms with Crippen molar-refractivity contribution in [3.05, 3.63) is 59.7 Å². The lowest BCUT2D eigenvalue weighted by atomic mass is 10.1. The molecular formula is C24H33N3O5S. The molecule has 1 heterocycles. The van der Waals surface area contributed by atoms with Gasteiger partial charge >= 0.3 is 0 Å². The molecule has 0 saturated carbocycles. The normalized spacial score (nSPS) is 14.8. The Balaban J connectivity index is 1.59. The van der Waals surface area contributed by atoms with E-state index in [4.69, 9.17) is 9.47 Å². The summed E-state index contributed by atoms with van der Waals surface area (Å²) in [7, 11) is -3.64. The molecule has 8 nitrogen and oxygen atoms in total. The van der Waals surface area contributed by atoms with E-state index in [9.17, 15) is 13.2 Å². The third-order valence-electron chi connectivity index (χ3n) is 5.17. The average Bonchev–Trinajstić information content (AvgIpc) is 2.77. The molecule has 0 unspecified atom stereocenters. The van der Waals surface area contributed by atoms with Gasteiger partial charge in [0.25, 0.3) is 0 Å². The van der Waals surface area contributed by atoms with Gasteiger partial charge in [0.05, 0.1) is 31.3 Å². The first-order valence-corrected chi connectivity index (χ1v) is 12.9. The standard InChI is InChI=1S/C24H33N3O5S/c1-19(2)32-23-9-7-22(8-10-23)27(33(3,29)30)18-24(28)25-16-20-5-4-6-21(15-20)17-26-11-13-31-14-12-26/h4-10,15,19H,11-14,16-18H2,1-3H3,(H,25,28). The second-order valence-corrected chi connectivity index (χ2v) is 10.3. The Morgan fingerprint density at radius 1 is 1.12 bits per heavy atom. The van der Waals surface area contributed by atoms with Crippen molar-refractivity contribution in [3.8, 4) is 5.75 Å². The number of carbonyl (C=O) groups is 1. The largest absolute Gasteiger partial charge is 0.491 e. The van der Waals surface area contributed by atoms with Crippen molar-refractivity contribution in [1.82, 2.24) is 10.2 Å². The number of anilines is 1. The molecule has 0 atom stereocenters. The summed E-state index contributed by atoms with van der Waals surface area (Å²) in [6.07, 6.45) is 1.11. The molecule has 1 saturated heterocycles. The van der Waals surface area contributed by atoms with Gasteiger partial charge in [0.15, 0.2) is 0 Å². The highest BCUT2D eigenvalue weighted by atomic mass is 32.2. The maximum atomic E-state index is 12.6. The van der Waals surface area contributed by atoms with E-state index < -0.39 is 10.0 Å². The Bertz CT molecular complexity index is 1020. The van der Waals surface area contributed by atoms with Gasteiger partial charge in [-0.05, 0) is 49.2 Å². The zero-order chi connectivity index (χ0) is 23.8. The number of nitrogens with one attached hydrogen (secondary N) is 1. The van der Waals surface area contributed by atoms with Crippen molar-refractivity contribution >= 4 is 21.6 Å². The summed E-state index contributed by atoms with van der Waals surface area (Å²) in [5.74, 6) is 0.269. The van der Waals surface area contributed by atoms with Gasteiger partial charge in [-0.2, -0.15) is 0 Å². The van der Waals surface area contributed by atoms with E-state index in [1.54, 1.807) is 24.3 Å². The number of benzene rings is 2. The van der Waals surface area contributed by atoms with Gasteiger partial charge in [-0.15, -0.1) is 0 Å². The van der Waals surface area contributed by atoms with E-state index in [-0.39, 0.29) is 18.6 Å². The Morgan fingerprint density at radius 3 is 2.42 bits per heavy atom. The number of hydrogen-bond donors (Lipinski definition) is 1. The van der Waals surface area contributed by atoms with Gasteiger partial charge in [0, 0.05) is 26.2 Å². The average molecular weight is 476 g/mol. The fraction of sp³-hybridized carbons (Fsp3) is 0.458. The first-order chi connectivity index (χ1) is 15.7. The van der Waals surface area contributed by atoms with Gasteiger partial charge in [-0.25, -0.2) is 8.42 Å². The third kappa shape index (κ3) is 8.03. The van der Waals surface area contributed by atoms with Gasteiger partial charge in [0.1, 0.15) is 12.3 Å². The maximum Gasteiger partial charge on any atom is 0.241 e. The van der Waals surface area contributed by atoms with E-state index in [0.29, 0.717) is 18.0 Å². The van der Waals surface area contributed by atoms with Crippen LogP contribution in [0.2, 0.25) is 0 Å². The number of nitrogens with zero attached hydrogens (tertiary/aromatic N) is 2. The molecule has 1 amide bonds. The Kier molecular flexibility index (Phi) is 8.71. The number of morpholine rings is 1. The van der Waals surface area contributed by atoms with Crippen LogP contribution in [0, 0.1) is 0 Å². The summed E-state index contributed by atoms with van der Waals surface area (Å²) in [5.41, 5.74) is 2.55. The SMILES string of the molecule is CC(C)Oc1ccc(N(CC(=O)NCc2cccc(CN3CCOCC3)c2)S(C)(=O)=O)cc1. The second kappa shape index (κ2) is 11.5. The summed E-state index contributed by atoms with van der Waals surface area (Å²) < 4.78 is 36.8. The fourth-order valence-electron chi connectivity index (χ4n) is 3.61. The highest BCUT2D eigenvalue weighted by Gasteiger charge is 2.21. The van der Waals surface area contributed by atoms with E-state index >= 15 is 0 Å². The fourth-order valence-corrected chi connectivity index (χ4v) is 4.46. The highest BCUT2D eigenvalue weighted by Crippen LogP contribution is 2.22. The van der Waals surface area contributed by atoms with E-state index in [0.717, 1.165) is 49.0 Å². The molecule has 9 heteroatoms. The third-order valence-corrected chi connectivity index (χ3v) is 6.32. The Hall–Kier alpha value is -2.62. The van der Waals surface area contributed by atoms with Crippen LogP contribution >= 0.6 is 0 Å². The molecule has 0 spiro atoms. The molecular weight excluding hydrogens is 442 g/mol. The van der Waals surface area contributed by atoms with Crippen LogP contribution in [0.25, 0.3) is 0 Å². The number of ether oxygens (including phenoxy) is 2. The second-order valence-electron chi connectivity index (χ2n) is 8.42. The monoisotopic (exact) mass is 475 g/mol. The molecule has 1 aliphatic heterocycles. The molecule has 0 aliphatic carbocycles. The molecule has 3 rings (SSSR count). The first-order valence-electron chi connectivity index (χ1n) is 11.1. The van der Waals surface area contributed by atoms with Crippen LogP contribution in [0.15, 0.2) is 48.5 Å². The Morgan fingerprint density at radius 2 is 1.79 bits per heavy atom. The molecule has 1 aliphatic rings. The van der Waals surface area contributed by atoms with Gasteiger partial charge < -0.3 is 14.8 Å². The van der Waals surface area contributed by atoms with Crippen LogP contribution in [0.1, 0.15) is 25.0 Å². The van der Waals surface area contributed by atoms with Crippen molar-refractivity contribution < 1.29 is 22.7 Å². The lowest BCUT2D eigenvalue weighted by molar-refractivity contribution is -0.119. The molecule has 180 valence electrons. The number of amides is 1. The van der Waals surface area contributed by atoms with Gasteiger partial charge in [0.2, 0.25) is 15.9 Å². The van der Waals surface area contributed by atoms with Crippen LogP contribution in [0.5, 0.6) is 5.75 Å². The van der Waals surface area contributed by atoms with Crippen molar-refractivity contribution in [2.24, 2.45) is 0 Å². The molecule has 2 aromatic carbocycles. The topological polar surface area (TPSA) is 88.2 Å². The lowest BCUT2D eigenvalue weighted by Gasteiger charge is -2.26. The predicted octanol–water partition coefficient (Wildman–Crippen LogP) is 2.39.